The van der Waals surface area contributed by atoms with Gasteiger partial charge < -0.3 is 11.1 Å². The van der Waals surface area contributed by atoms with Crippen LogP contribution in [0, 0.1) is 6.92 Å². The van der Waals surface area contributed by atoms with Crippen LogP contribution in [0.3, 0.4) is 0 Å². The largest absolute Gasteiger partial charge is 0.355 e. The van der Waals surface area contributed by atoms with Gasteiger partial charge in [-0.2, -0.15) is 0 Å². The van der Waals surface area contributed by atoms with Gasteiger partial charge in [0.15, 0.2) is 0 Å². The summed E-state index contributed by atoms with van der Waals surface area (Å²) in [5.41, 5.74) is 8.29. The van der Waals surface area contributed by atoms with Crippen LogP contribution in [-0.4, -0.2) is 18.5 Å². The van der Waals surface area contributed by atoms with Crippen LogP contribution in [-0.2, 0) is 11.2 Å². The molecule has 18 heavy (non-hydrogen) atoms. The lowest BCUT2D eigenvalue weighted by atomic mass is 10.1. The molecule has 3 N–H and O–H groups in total. The molecule has 1 aromatic rings. The van der Waals surface area contributed by atoms with Gasteiger partial charge in [0.05, 0.1) is 0 Å². The van der Waals surface area contributed by atoms with Gasteiger partial charge in [0, 0.05) is 19.0 Å². The minimum absolute atomic E-state index is 0.0818. The third kappa shape index (κ3) is 5.82. The Morgan fingerprint density at radius 3 is 2.61 bits per heavy atom. The predicted molar refractivity (Wildman–Crippen MR) is 75.4 cm³/mol. The van der Waals surface area contributed by atoms with Crippen molar-refractivity contribution in [2.24, 2.45) is 5.73 Å². The fourth-order valence-electron chi connectivity index (χ4n) is 1.82. The van der Waals surface area contributed by atoms with Crippen molar-refractivity contribution in [1.82, 2.24) is 5.32 Å². The molecule has 0 radical (unpaired) electrons. The van der Waals surface area contributed by atoms with Gasteiger partial charge in [0.1, 0.15) is 0 Å². The maximum Gasteiger partial charge on any atom is 0.220 e. The molecule has 0 fully saturated rings. The molecular formula is C15H24N2O. The van der Waals surface area contributed by atoms with Crippen LogP contribution >= 0.6 is 0 Å². The molecule has 1 atom stereocenters. The summed E-state index contributed by atoms with van der Waals surface area (Å²) < 4.78 is 0. The number of amides is 1. The zero-order valence-corrected chi connectivity index (χ0v) is 11.4. The highest BCUT2D eigenvalue weighted by atomic mass is 16.1. The fraction of sp³-hybridized carbons (Fsp3) is 0.533. The highest BCUT2D eigenvalue weighted by Crippen LogP contribution is 2.05. The Bertz CT molecular complexity index is 359. The predicted octanol–water partition coefficient (Wildman–Crippen LogP) is 2.17. The summed E-state index contributed by atoms with van der Waals surface area (Å²) in [6.07, 6.45) is 3.33. The van der Waals surface area contributed by atoms with Gasteiger partial charge in [-0.1, -0.05) is 43.2 Å². The van der Waals surface area contributed by atoms with E-state index < -0.39 is 0 Å². The van der Waals surface area contributed by atoms with E-state index in [-0.39, 0.29) is 11.9 Å². The number of benzene rings is 1. The van der Waals surface area contributed by atoms with Crippen LogP contribution in [0.15, 0.2) is 24.3 Å². The van der Waals surface area contributed by atoms with Gasteiger partial charge in [-0.3, -0.25) is 4.79 Å². The number of hydrogen-bond acceptors (Lipinski definition) is 2. The smallest absolute Gasteiger partial charge is 0.220 e. The molecule has 1 aromatic carbocycles. The third-order valence-corrected chi connectivity index (χ3v) is 2.98. The van der Waals surface area contributed by atoms with Crippen LogP contribution in [0.5, 0.6) is 0 Å². The second kappa shape index (κ2) is 7.88. The van der Waals surface area contributed by atoms with Crippen LogP contribution in [0.2, 0.25) is 0 Å². The number of carbonyl (C=O) groups excluding carboxylic acids is 1. The molecule has 3 nitrogen and oxygen atoms in total. The Balaban J connectivity index is 2.22. The van der Waals surface area contributed by atoms with Crippen molar-refractivity contribution in [3.05, 3.63) is 35.4 Å². The minimum atomic E-state index is 0.0818. The van der Waals surface area contributed by atoms with Crippen molar-refractivity contribution >= 4 is 5.91 Å². The van der Waals surface area contributed by atoms with Crippen LogP contribution < -0.4 is 11.1 Å². The number of nitrogens with one attached hydrogen (secondary N) is 1. The van der Waals surface area contributed by atoms with E-state index in [1.165, 1.54) is 11.1 Å². The van der Waals surface area contributed by atoms with Crippen molar-refractivity contribution in [1.29, 1.82) is 0 Å². The minimum Gasteiger partial charge on any atom is -0.355 e. The quantitative estimate of drug-likeness (QED) is 0.777. The highest BCUT2D eigenvalue weighted by Gasteiger charge is 2.05. The third-order valence-electron chi connectivity index (χ3n) is 2.98. The molecule has 1 rings (SSSR count). The molecule has 1 unspecified atom stereocenters. The Kier molecular flexibility index (Phi) is 6.44. The van der Waals surface area contributed by atoms with Crippen LogP contribution in [0.1, 0.15) is 37.3 Å². The van der Waals surface area contributed by atoms with Crippen molar-refractivity contribution in [3.8, 4) is 0 Å². The number of carbonyl (C=O) groups is 1. The summed E-state index contributed by atoms with van der Waals surface area (Å²) in [5.74, 6) is 0.0853. The molecule has 0 aliphatic carbocycles. The van der Waals surface area contributed by atoms with Crippen molar-refractivity contribution in [2.75, 3.05) is 6.54 Å². The zero-order valence-electron chi connectivity index (χ0n) is 11.4. The second-order valence-corrected chi connectivity index (χ2v) is 4.84. The van der Waals surface area contributed by atoms with E-state index in [1.54, 1.807) is 0 Å². The maximum atomic E-state index is 11.6. The average Bonchev–Trinajstić information content (AvgIpc) is 2.36. The molecule has 1 amide bonds. The molecule has 0 bridgehead atoms. The SMILES string of the molecule is CCCC(N)CNC(=O)CCc1ccc(C)cc1. The second-order valence-electron chi connectivity index (χ2n) is 4.84. The van der Waals surface area contributed by atoms with Gasteiger partial charge >= 0.3 is 0 Å². The molecule has 100 valence electrons. The van der Waals surface area contributed by atoms with Gasteiger partial charge in [-0.15, -0.1) is 0 Å². The molecular weight excluding hydrogens is 224 g/mol. The number of aryl methyl sites for hydroxylation is 2. The van der Waals surface area contributed by atoms with Gasteiger partial charge in [0.2, 0.25) is 5.91 Å². The van der Waals surface area contributed by atoms with Crippen LogP contribution in [0.4, 0.5) is 0 Å². The maximum absolute atomic E-state index is 11.6. The first-order valence-corrected chi connectivity index (χ1v) is 6.69. The monoisotopic (exact) mass is 248 g/mol. The van der Waals surface area contributed by atoms with Gasteiger partial charge in [-0.25, -0.2) is 0 Å². The van der Waals surface area contributed by atoms with Crippen LogP contribution in [0.25, 0.3) is 0 Å². The number of nitrogens with two attached hydrogens (primary N) is 1. The zero-order chi connectivity index (χ0) is 13.4. The summed E-state index contributed by atoms with van der Waals surface area (Å²) in [5, 5.41) is 2.88. The first-order valence-electron chi connectivity index (χ1n) is 6.69. The van der Waals surface area contributed by atoms with E-state index in [0.29, 0.717) is 13.0 Å². The lowest BCUT2D eigenvalue weighted by Crippen LogP contribution is -2.37. The average molecular weight is 248 g/mol. The van der Waals surface area contributed by atoms with Gasteiger partial charge in [0.25, 0.3) is 0 Å². The molecule has 0 aromatic heterocycles. The summed E-state index contributed by atoms with van der Waals surface area (Å²) >= 11 is 0. The molecule has 0 aliphatic heterocycles. The first kappa shape index (κ1) is 14.7. The molecule has 0 spiro atoms. The van der Waals surface area contributed by atoms with E-state index in [1.807, 2.05) is 0 Å². The van der Waals surface area contributed by atoms with E-state index >= 15 is 0 Å². The van der Waals surface area contributed by atoms with Crippen molar-refractivity contribution in [2.45, 2.75) is 45.6 Å². The Morgan fingerprint density at radius 1 is 1.33 bits per heavy atom. The molecule has 0 saturated carbocycles. The molecule has 0 heterocycles. The van der Waals surface area contributed by atoms with Crippen molar-refractivity contribution in [3.63, 3.8) is 0 Å². The van der Waals surface area contributed by atoms with E-state index in [4.69, 9.17) is 5.73 Å². The normalized spacial score (nSPS) is 12.2. The number of rotatable bonds is 7. The Morgan fingerprint density at radius 2 is 2.00 bits per heavy atom. The highest BCUT2D eigenvalue weighted by molar-refractivity contribution is 5.76. The molecule has 3 heteroatoms. The molecule has 0 saturated heterocycles. The lowest BCUT2D eigenvalue weighted by Gasteiger charge is -2.11. The summed E-state index contributed by atoms with van der Waals surface area (Å²) in [4.78, 5) is 11.6. The van der Waals surface area contributed by atoms with E-state index in [9.17, 15) is 4.79 Å². The summed E-state index contributed by atoms with van der Waals surface area (Å²) in [7, 11) is 0. The Hall–Kier alpha value is -1.35. The Labute approximate surface area is 110 Å². The lowest BCUT2D eigenvalue weighted by molar-refractivity contribution is -0.121. The topological polar surface area (TPSA) is 55.1 Å². The fourth-order valence-corrected chi connectivity index (χ4v) is 1.82. The standard InChI is InChI=1S/C15H24N2O/c1-3-4-14(16)11-17-15(18)10-9-13-7-5-12(2)6-8-13/h5-8,14H,3-4,9-11,16H2,1-2H3,(H,17,18). The van der Waals surface area contributed by atoms with E-state index in [0.717, 1.165) is 19.3 Å². The summed E-state index contributed by atoms with van der Waals surface area (Å²) in [6.45, 7) is 4.74. The van der Waals surface area contributed by atoms with Gasteiger partial charge in [-0.05, 0) is 25.3 Å². The summed E-state index contributed by atoms with van der Waals surface area (Å²) in [6, 6.07) is 8.38. The van der Waals surface area contributed by atoms with E-state index in [2.05, 4.69) is 43.4 Å². The first-order chi connectivity index (χ1) is 8.61. The van der Waals surface area contributed by atoms with Crippen molar-refractivity contribution < 1.29 is 4.79 Å². The number of hydrogen-bond donors (Lipinski definition) is 2. The molecule has 0 aliphatic rings.